The van der Waals surface area contributed by atoms with Crippen molar-refractivity contribution < 1.29 is 4.74 Å². The van der Waals surface area contributed by atoms with Gasteiger partial charge in [0.25, 0.3) is 0 Å². The Morgan fingerprint density at radius 2 is 1.25 bits per heavy atom. The van der Waals surface area contributed by atoms with Gasteiger partial charge in [-0.25, -0.2) is 0 Å². The first-order valence-electron chi connectivity index (χ1n) is 15.3. The van der Waals surface area contributed by atoms with E-state index in [1.165, 1.54) is 135 Å². The SMILES string of the molecule is CCCC(CC)C(CCCC(C)OCC1CCCCC1)(C1CCCCC1)C1CCCCC1. The second-order valence-corrected chi connectivity index (χ2v) is 12.2. The molecule has 0 radical (unpaired) electrons. The zero-order valence-electron chi connectivity index (χ0n) is 22.4. The van der Waals surface area contributed by atoms with Crippen LogP contribution < -0.4 is 0 Å². The van der Waals surface area contributed by atoms with Crippen molar-refractivity contribution in [3.63, 3.8) is 0 Å². The Balaban J connectivity index is 1.65. The van der Waals surface area contributed by atoms with Crippen LogP contribution in [0.15, 0.2) is 0 Å². The highest BCUT2D eigenvalue weighted by Crippen LogP contribution is 2.58. The Bertz CT molecular complexity index is 440. The van der Waals surface area contributed by atoms with E-state index < -0.39 is 0 Å². The molecular formula is C31H58O. The molecule has 2 atom stereocenters. The molecule has 0 aromatic carbocycles. The van der Waals surface area contributed by atoms with Gasteiger partial charge >= 0.3 is 0 Å². The number of ether oxygens (including phenoxy) is 1. The molecular weight excluding hydrogens is 388 g/mol. The van der Waals surface area contributed by atoms with E-state index in [9.17, 15) is 0 Å². The molecule has 1 nitrogen and oxygen atoms in total. The summed E-state index contributed by atoms with van der Waals surface area (Å²) < 4.78 is 6.42. The van der Waals surface area contributed by atoms with Crippen molar-refractivity contribution in [1.82, 2.24) is 0 Å². The zero-order valence-corrected chi connectivity index (χ0v) is 22.4. The maximum Gasteiger partial charge on any atom is 0.0547 e. The Labute approximate surface area is 202 Å². The van der Waals surface area contributed by atoms with E-state index in [2.05, 4.69) is 20.8 Å². The largest absolute Gasteiger partial charge is 0.378 e. The quantitative estimate of drug-likeness (QED) is 0.273. The molecule has 1 heteroatoms. The lowest BCUT2D eigenvalue weighted by Gasteiger charge is -2.54. The Morgan fingerprint density at radius 1 is 0.719 bits per heavy atom. The van der Waals surface area contributed by atoms with Crippen molar-refractivity contribution in [2.75, 3.05) is 6.61 Å². The van der Waals surface area contributed by atoms with Crippen LogP contribution in [-0.2, 0) is 4.74 Å². The van der Waals surface area contributed by atoms with Crippen LogP contribution in [0.5, 0.6) is 0 Å². The molecule has 3 saturated carbocycles. The van der Waals surface area contributed by atoms with Crippen molar-refractivity contribution in [2.24, 2.45) is 29.1 Å². The second-order valence-electron chi connectivity index (χ2n) is 12.2. The van der Waals surface area contributed by atoms with Gasteiger partial charge in [0.15, 0.2) is 0 Å². The topological polar surface area (TPSA) is 9.23 Å². The van der Waals surface area contributed by atoms with Crippen LogP contribution in [0.2, 0.25) is 0 Å². The van der Waals surface area contributed by atoms with Crippen molar-refractivity contribution in [3.05, 3.63) is 0 Å². The minimum Gasteiger partial charge on any atom is -0.378 e. The van der Waals surface area contributed by atoms with Crippen LogP contribution in [0.25, 0.3) is 0 Å². The molecule has 0 spiro atoms. The molecule has 3 aliphatic rings. The summed E-state index contributed by atoms with van der Waals surface area (Å²) in [5.41, 5.74) is 0.634. The molecule has 0 N–H and O–H groups in total. The fraction of sp³-hybridized carbons (Fsp3) is 1.00. The molecule has 2 unspecified atom stereocenters. The van der Waals surface area contributed by atoms with E-state index in [4.69, 9.17) is 4.74 Å². The molecule has 0 aliphatic heterocycles. The van der Waals surface area contributed by atoms with E-state index in [0.717, 1.165) is 30.3 Å². The van der Waals surface area contributed by atoms with Gasteiger partial charge in [-0.1, -0.05) is 97.3 Å². The van der Waals surface area contributed by atoms with Gasteiger partial charge in [-0.3, -0.25) is 0 Å². The monoisotopic (exact) mass is 446 g/mol. The van der Waals surface area contributed by atoms with Gasteiger partial charge in [-0.2, -0.15) is 0 Å². The normalized spacial score (nSPS) is 24.5. The predicted octanol–water partition coefficient (Wildman–Crippen LogP) is 10.1. The lowest BCUT2D eigenvalue weighted by molar-refractivity contribution is -0.0530. The van der Waals surface area contributed by atoms with Crippen LogP contribution in [-0.4, -0.2) is 12.7 Å². The zero-order chi connectivity index (χ0) is 22.7. The van der Waals surface area contributed by atoms with Gasteiger partial charge in [0, 0.05) is 6.61 Å². The Kier molecular flexibility index (Phi) is 11.9. The van der Waals surface area contributed by atoms with Crippen LogP contribution in [0.3, 0.4) is 0 Å². The highest BCUT2D eigenvalue weighted by molar-refractivity contribution is 4.98. The lowest BCUT2D eigenvalue weighted by Crippen LogP contribution is -2.46. The summed E-state index contributed by atoms with van der Waals surface area (Å²) in [6, 6.07) is 0. The van der Waals surface area contributed by atoms with E-state index in [1.54, 1.807) is 0 Å². The van der Waals surface area contributed by atoms with E-state index in [1.807, 2.05) is 0 Å². The molecule has 0 saturated heterocycles. The Morgan fingerprint density at radius 3 is 1.75 bits per heavy atom. The highest BCUT2D eigenvalue weighted by Gasteiger charge is 2.48. The lowest BCUT2D eigenvalue weighted by atomic mass is 9.50. The molecule has 0 bridgehead atoms. The molecule has 0 heterocycles. The fourth-order valence-corrected chi connectivity index (χ4v) is 8.53. The summed E-state index contributed by atoms with van der Waals surface area (Å²) in [6.45, 7) is 8.37. The first kappa shape index (κ1) is 26.6. The van der Waals surface area contributed by atoms with Gasteiger partial charge < -0.3 is 4.74 Å². The number of rotatable bonds is 13. The van der Waals surface area contributed by atoms with Crippen LogP contribution in [0.4, 0.5) is 0 Å². The van der Waals surface area contributed by atoms with Crippen LogP contribution >= 0.6 is 0 Å². The highest BCUT2D eigenvalue weighted by atomic mass is 16.5. The fourth-order valence-electron chi connectivity index (χ4n) is 8.53. The molecule has 3 fully saturated rings. The summed E-state index contributed by atoms with van der Waals surface area (Å²) in [6.07, 6.45) is 31.2. The number of hydrogen-bond donors (Lipinski definition) is 0. The second kappa shape index (κ2) is 14.4. The standard InChI is InChI=1S/C31H58O/c1-4-16-28(5-2)31(29-20-11-7-12-21-29,30-22-13-8-14-23-30)24-15-17-26(3)32-25-27-18-9-6-10-19-27/h26-30H,4-25H2,1-3H3. The summed E-state index contributed by atoms with van der Waals surface area (Å²) in [7, 11) is 0. The minimum atomic E-state index is 0.457. The van der Waals surface area contributed by atoms with Gasteiger partial charge in [0.05, 0.1) is 6.10 Å². The average Bonchev–Trinajstić information content (AvgIpc) is 2.86. The van der Waals surface area contributed by atoms with Gasteiger partial charge in [0.2, 0.25) is 0 Å². The number of hydrogen-bond acceptors (Lipinski definition) is 1. The first-order valence-corrected chi connectivity index (χ1v) is 15.3. The molecule has 32 heavy (non-hydrogen) atoms. The summed E-state index contributed by atoms with van der Waals surface area (Å²) in [4.78, 5) is 0. The van der Waals surface area contributed by atoms with E-state index in [-0.39, 0.29) is 0 Å². The van der Waals surface area contributed by atoms with Crippen molar-refractivity contribution in [2.45, 2.75) is 162 Å². The van der Waals surface area contributed by atoms with Gasteiger partial charge in [0.1, 0.15) is 0 Å². The van der Waals surface area contributed by atoms with E-state index >= 15 is 0 Å². The Hall–Kier alpha value is -0.0400. The maximum atomic E-state index is 6.42. The first-order chi connectivity index (χ1) is 15.7. The molecule has 3 rings (SSSR count). The molecule has 0 aromatic heterocycles. The summed E-state index contributed by atoms with van der Waals surface area (Å²) >= 11 is 0. The molecule has 188 valence electrons. The van der Waals surface area contributed by atoms with Crippen molar-refractivity contribution >= 4 is 0 Å². The smallest absolute Gasteiger partial charge is 0.0547 e. The third-order valence-electron chi connectivity index (χ3n) is 10.2. The van der Waals surface area contributed by atoms with E-state index in [0.29, 0.717) is 11.5 Å². The van der Waals surface area contributed by atoms with Gasteiger partial charge in [-0.15, -0.1) is 0 Å². The van der Waals surface area contributed by atoms with Crippen LogP contribution in [0, 0.1) is 29.1 Å². The van der Waals surface area contributed by atoms with Crippen molar-refractivity contribution in [1.29, 1.82) is 0 Å². The summed E-state index contributed by atoms with van der Waals surface area (Å²) in [5, 5.41) is 0. The third-order valence-corrected chi connectivity index (χ3v) is 10.2. The summed E-state index contributed by atoms with van der Waals surface area (Å²) in [5.74, 6) is 3.82. The van der Waals surface area contributed by atoms with Crippen LogP contribution in [0.1, 0.15) is 156 Å². The molecule has 0 amide bonds. The van der Waals surface area contributed by atoms with Gasteiger partial charge in [-0.05, 0) is 87.4 Å². The van der Waals surface area contributed by atoms with Crippen molar-refractivity contribution in [3.8, 4) is 0 Å². The minimum absolute atomic E-state index is 0.457. The maximum absolute atomic E-state index is 6.42. The predicted molar refractivity (Wildman–Crippen MR) is 140 cm³/mol. The average molecular weight is 447 g/mol. The third kappa shape index (κ3) is 7.23. The molecule has 3 aliphatic carbocycles. The molecule has 0 aromatic rings.